The van der Waals surface area contributed by atoms with Crippen LogP contribution in [0, 0.1) is 11.3 Å². The van der Waals surface area contributed by atoms with Crippen molar-refractivity contribution in [3.8, 4) is 0 Å². The van der Waals surface area contributed by atoms with Gasteiger partial charge < -0.3 is 10.2 Å². The van der Waals surface area contributed by atoms with E-state index in [0.717, 1.165) is 30.6 Å². The summed E-state index contributed by atoms with van der Waals surface area (Å²) >= 11 is 6.08. The van der Waals surface area contributed by atoms with E-state index >= 15 is 0 Å². The van der Waals surface area contributed by atoms with E-state index < -0.39 is 0 Å². The zero-order valence-electron chi connectivity index (χ0n) is 11.5. The third kappa shape index (κ3) is 2.99. The highest BCUT2D eigenvalue weighted by Crippen LogP contribution is 2.36. The van der Waals surface area contributed by atoms with E-state index in [1.807, 2.05) is 19.2 Å². The number of halogens is 1. The molecule has 0 spiro atoms. The first-order chi connectivity index (χ1) is 8.53. The lowest BCUT2D eigenvalue weighted by Crippen LogP contribution is -2.48. The van der Waals surface area contributed by atoms with Gasteiger partial charge in [-0.3, -0.25) is 0 Å². The molecule has 2 nitrogen and oxygen atoms in total. The van der Waals surface area contributed by atoms with Gasteiger partial charge in [0.05, 0.1) is 0 Å². The Hall–Kier alpha value is -0.730. The summed E-state index contributed by atoms with van der Waals surface area (Å²) in [4.78, 5) is 2.46. The van der Waals surface area contributed by atoms with E-state index in [4.69, 9.17) is 11.6 Å². The second-order valence-corrected chi connectivity index (χ2v) is 6.37. The molecule has 100 valence electrons. The second kappa shape index (κ2) is 5.50. The van der Waals surface area contributed by atoms with Crippen LogP contribution >= 0.6 is 11.6 Å². The van der Waals surface area contributed by atoms with Gasteiger partial charge in [0.15, 0.2) is 0 Å². The molecule has 0 aromatic heterocycles. The Balaban J connectivity index is 2.11. The van der Waals surface area contributed by atoms with Crippen molar-refractivity contribution in [1.29, 1.82) is 0 Å². The average molecular weight is 267 g/mol. The molecule has 1 unspecified atom stereocenters. The third-order valence-corrected chi connectivity index (χ3v) is 4.31. The Labute approximate surface area is 115 Å². The molecule has 0 bridgehead atoms. The Morgan fingerprint density at radius 2 is 2.22 bits per heavy atom. The van der Waals surface area contributed by atoms with Crippen molar-refractivity contribution in [1.82, 2.24) is 5.32 Å². The van der Waals surface area contributed by atoms with Gasteiger partial charge in [-0.05, 0) is 49.5 Å². The molecule has 1 aromatic carbocycles. The van der Waals surface area contributed by atoms with Crippen molar-refractivity contribution in [2.24, 2.45) is 11.3 Å². The van der Waals surface area contributed by atoms with E-state index in [0.29, 0.717) is 5.41 Å². The highest BCUT2D eigenvalue weighted by atomic mass is 35.5. The van der Waals surface area contributed by atoms with Crippen LogP contribution in [-0.4, -0.2) is 26.7 Å². The van der Waals surface area contributed by atoms with Crippen LogP contribution < -0.4 is 10.2 Å². The van der Waals surface area contributed by atoms with Gasteiger partial charge in [0.1, 0.15) is 0 Å². The molecule has 0 radical (unpaired) electrons. The van der Waals surface area contributed by atoms with Gasteiger partial charge in [-0.2, -0.15) is 0 Å². The number of benzene rings is 1. The standard InChI is InChI=1S/C15H23ClN2/c1-15(2)11-18(8-7-12(15)10-17-3)14-6-4-5-13(16)9-14/h4-6,9,12,17H,7-8,10-11H2,1-3H3. The zero-order chi connectivity index (χ0) is 13.2. The molecule has 2 rings (SSSR count). The molecule has 1 heterocycles. The molecule has 0 saturated carbocycles. The normalized spacial score (nSPS) is 23.1. The van der Waals surface area contributed by atoms with Crippen molar-refractivity contribution < 1.29 is 0 Å². The van der Waals surface area contributed by atoms with Crippen molar-refractivity contribution in [2.45, 2.75) is 20.3 Å². The molecule has 0 aliphatic carbocycles. The van der Waals surface area contributed by atoms with Crippen LogP contribution in [0.2, 0.25) is 5.02 Å². The SMILES string of the molecule is CNCC1CCN(c2cccc(Cl)c2)CC1(C)C. The summed E-state index contributed by atoms with van der Waals surface area (Å²) in [7, 11) is 2.04. The minimum absolute atomic E-state index is 0.337. The molecular formula is C15H23ClN2. The predicted octanol–water partition coefficient (Wildman–Crippen LogP) is 3.41. The molecule has 0 amide bonds. The van der Waals surface area contributed by atoms with Crippen LogP contribution in [0.15, 0.2) is 24.3 Å². The summed E-state index contributed by atoms with van der Waals surface area (Å²) in [6, 6.07) is 8.19. The minimum Gasteiger partial charge on any atom is -0.371 e. The van der Waals surface area contributed by atoms with Crippen LogP contribution in [0.1, 0.15) is 20.3 Å². The fourth-order valence-corrected chi connectivity index (χ4v) is 3.10. The van der Waals surface area contributed by atoms with Gasteiger partial charge in [-0.1, -0.05) is 31.5 Å². The summed E-state index contributed by atoms with van der Waals surface area (Å²) < 4.78 is 0. The summed E-state index contributed by atoms with van der Waals surface area (Å²) in [5.74, 6) is 0.748. The maximum Gasteiger partial charge on any atom is 0.0426 e. The van der Waals surface area contributed by atoms with Crippen LogP contribution in [-0.2, 0) is 0 Å². The fourth-order valence-electron chi connectivity index (χ4n) is 2.92. The lowest BCUT2D eigenvalue weighted by Gasteiger charge is -2.45. The van der Waals surface area contributed by atoms with Crippen molar-refractivity contribution in [2.75, 3.05) is 31.6 Å². The molecule has 18 heavy (non-hydrogen) atoms. The number of hydrogen-bond acceptors (Lipinski definition) is 2. The Kier molecular flexibility index (Phi) is 4.18. The molecule has 1 N–H and O–H groups in total. The van der Waals surface area contributed by atoms with Crippen LogP contribution in [0.3, 0.4) is 0 Å². The van der Waals surface area contributed by atoms with Crippen molar-refractivity contribution >= 4 is 17.3 Å². The Morgan fingerprint density at radius 3 is 2.83 bits per heavy atom. The lowest BCUT2D eigenvalue weighted by atomic mass is 9.73. The maximum atomic E-state index is 6.08. The van der Waals surface area contributed by atoms with Crippen LogP contribution in [0.5, 0.6) is 0 Å². The van der Waals surface area contributed by atoms with Crippen molar-refractivity contribution in [3.63, 3.8) is 0 Å². The number of nitrogens with one attached hydrogen (secondary N) is 1. The zero-order valence-corrected chi connectivity index (χ0v) is 12.3. The second-order valence-electron chi connectivity index (χ2n) is 5.93. The molecule has 1 aliphatic rings. The highest BCUT2D eigenvalue weighted by molar-refractivity contribution is 6.30. The molecule has 1 fully saturated rings. The lowest BCUT2D eigenvalue weighted by molar-refractivity contribution is 0.174. The van der Waals surface area contributed by atoms with Crippen LogP contribution in [0.4, 0.5) is 5.69 Å². The van der Waals surface area contributed by atoms with E-state index in [9.17, 15) is 0 Å². The first-order valence-corrected chi connectivity index (χ1v) is 7.06. The number of rotatable bonds is 3. The molecule has 1 aliphatic heterocycles. The first kappa shape index (κ1) is 13.7. The van der Waals surface area contributed by atoms with Crippen molar-refractivity contribution in [3.05, 3.63) is 29.3 Å². The summed E-state index contributed by atoms with van der Waals surface area (Å²) in [5.41, 5.74) is 1.59. The summed E-state index contributed by atoms with van der Waals surface area (Å²) in [6.07, 6.45) is 1.24. The van der Waals surface area contributed by atoms with Gasteiger partial charge in [0.2, 0.25) is 0 Å². The largest absolute Gasteiger partial charge is 0.371 e. The maximum absolute atomic E-state index is 6.08. The van der Waals surface area contributed by atoms with Gasteiger partial charge in [0.25, 0.3) is 0 Å². The summed E-state index contributed by atoms with van der Waals surface area (Å²) in [6.45, 7) is 8.06. The molecule has 1 aromatic rings. The highest BCUT2D eigenvalue weighted by Gasteiger charge is 2.35. The number of piperidine rings is 1. The van der Waals surface area contributed by atoms with Gasteiger partial charge in [-0.25, -0.2) is 0 Å². The summed E-state index contributed by atoms with van der Waals surface area (Å²) in [5, 5.41) is 4.14. The quantitative estimate of drug-likeness (QED) is 0.902. The van der Waals surface area contributed by atoms with E-state index in [1.54, 1.807) is 0 Å². The van der Waals surface area contributed by atoms with Crippen LogP contribution in [0.25, 0.3) is 0 Å². The first-order valence-electron chi connectivity index (χ1n) is 6.68. The molecule has 1 atom stereocenters. The third-order valence-electron chi connectivity index (χ3n) is 4.07. The van der Waals surface area contributed by atoms with E-state index in [-0.39, 0.29) is 0 Å². The van der Waals surface area contributed by atoms with Gasteiger partial charge >= 0.3 is 0 Å². The molecule has 1 saturated heterocycles. The number of anilines is 1. The monoisotopic (exact) mass is 266 g/mol. The smallest absolute Gasteiger partial charge is 0.0426 e. The topological polar surface area (TPSA) is 15.3 Å². The van der Waals surface area contributed by atoms with Gasteiger partial charge in [-0.15, -0.1) is 0 Å². The number of hydrogen-bond donors (Lipinski definition) is 1. The van der Waals surface area contributed by atoms with E-state index in [1.165, 1.54) is 12.1 Å². The Morgan fingerprint density at radius 1 is 1.44 bits per heavy atom. The fraction of sp³-hybridized carbons (Fsp3) is 0.600. The Bertz CT molecular complexity index is 403. The molecule has 3 heteroatoms. The molecular weight excluding hydrogens is 244 g/mol. The average Bonchev–Trinajstić information content (AvgIpc) is 2.31. The predicted molar refractivity (Wildman–Crippen MR) is 79.5 cm³/mol. The minimum atomic E-state index is 0.337. The number of nitrogens with zero attached hydrogens (tertiary/aromatic N) is 1. The van der Waals surface area contributed by atoms with E-state index in [2.05, 4.69) is 36.2 Å². The van der Waals surface area contributed by atoms with Gasteiger partial charge in [0, 0.05) is 23.8 Å².